The van der Waals surface area contributed by atoms with Crippen molar-refractivity contribution in [3.05, 3.63) is 42.5 Å². The van der Waals surface area contributed by atoms with Crippen LogP contribution in [0.5, 0.6) is 5.75 Å². The highest BCUT2D eigenvalue weighted by atomic mass is 16.5. The summed E-state index contributed by atoms with van der Waals surface area (Å²) in [6.07, 6.45) is 3.28. The Morgan fingerprint density at radius 2 is 2.41 bits per heavy atom. The average molecular weight is 231 g/mol. The lowest BCUT2D eigenvalue weighted by Crippen LogP contribution is -2.35. The molecular weight excluding hydrogens is 214 g/mol. The minimum absolute atomic E-state index is 0.0886. The Morgan fingerprint density at radius 1 is 1.59 bits per heavy atom. The number of hydrogen-bond donors (Lipinski definition) is 1. The van der Waals surface area contributed by atoms with Crippen LogP contribution in [0.3, 0.4) is 0 Å². The molecule has 3 nitrogen and oxygen atoms in total. The third-order valence-electron chi connectivity index (χ3n) is 3.39. The van der Waals surface area contributed by atoms with Crippen molar-refractivity contribution in [2.75, 3.05) is 13.7 Å². The second-order valence-corrected chi connectivity index (χ2v) is 4.31. The van der Waals surface area contributed by atoms with Gasteiger partial charge in [0.05, 0.1) is 12.5 Å². The molecule has 0 aliphatic carbocycles. The number of carbonyl (C=O) groups excluding carboxylic acids is 1. The Hall–Kier alpha value is -1.77. The molecule has 1 saturated heterocycles. The first kappa shape index (κ1) is 11.7. The van der Waals surface area contributed by atoms with Gasteiger partial charge in [-0.2, -0.15) is 0 Å². The van der Waals surface area contributed by atoms with Crippen LogP contribution in [0.2, 0.25) is 0 Å². The van der Waals surface area contributed by atoms with Gasteiger partial charge in [-0.05, 0) is 30.5 Å². The van der Waals surface area contributed by atoms with E-state index in [0.717, 1.165) is 24.3 Å². The minimum Gasteiger partial charge on any atom is -0.497 e. The highest BCUT2D eigenvalue weighted by Gasteiger charge is 2.42. The maximum atomic E-state index is 12.1. The molecule has 1 heterocycles. The Kier molecular flexibility index (Phi) is 3.18. The lowest BCUT2D eigenvalue weighted by atomic mass is 9.76. The summed E-state index contributed by atoms with van der Waals surface area (Å²) in [5.74, 6) is 0.872. The van der Waals surface area contributed by atoms with Crippen LogP contribution in [0.25, 0.3) is 0 Å². The van der Waals surface area contributed by atoms with Crippen molar-refractivity contribution < 1.29 is 9.53 Å². The third-order valence-corrected chi connectivity index (χ3v) is 3.39. The predicted molar refractivity (Wildman–Crippen MR) is 67.1 cm³/mol. The van der Waals surface area contributed by atoms with Crippen LogP contribution in [0.4, 0.5) is 0 Å². The van der Waals surface area contributed by atoms with E-state index in [1.807, 2.05) is 30.3 Å². The molecule has 1 aliphatic heterocycles. The van der Waals surface area contributed by atoms with Gasteiger partial charge in [0.25, 0.3) is 0 Å². The second kappa shape index (κ2) is 4.62. The van der Waals surface area contributed by atoms with E-state index in [9.17, 15) is 4.79 Å². The summed E-state index contributed by atoms with van der Waals surface area (Å²) in [6.45, 7) is 4.49. The molecule has 3 heteroatoms. The zero-order valence-corrected chi connectivity index (χ0v) is 10.0. The predicted octanol–water partition coefficient (Wildman–Crippen LogP) is 2.03. The van der Waals surface area contributed by atoms with E-state index < -0.39 is 5.41 Å². The molecule has 1 aromatic carbocycles. The van der Waals surface area contributed by atoms with Gasteiger partial charge in [-0.15, -0.1) is 6.58 Å². The van der Waals surface area contributed by atoms with Gasteiger partial charge in [0.15, 0.2) is 0 Å². The monoisotopic (exact) mass is 231 g/mol. The van der Waals surface area contributed by atoms with Crippen LogP contribution in [0.1, 0.15) is 18.4 Å². The average Bonchev–Trinajstić information content (AvgIpc) is 2.73. The number of nitrogens with one attached hydrogen (secondary N) is 1. The molecule has 1 N–H and O–H groups in total. The number of amides is 1. The van der Waals surface area contributed by atoms with Crippen LogP contribution in [0.15, 0.2) is 36.9 Å². The topological polar surface area (TPSA) is 38.3 Å². The largest absolute Gasteiger partial charge is 0.497 e. The van der Waals surface area contributed by atoms with Crippen LogP contribution in [-0.2, 0) is 10.2 Å². The van der Waals surface area contributed by atoms with Gasteiger partial charge in [-0.1, -0.05) is 18.2 Å². The van der Waals surface area contributed by atoms with Crippen molar-refractivity contribution >= 4 is 5.91 Å². The highest BCUT2D eigenvalue weighted by molar-refractivity contribution is 5.90. The van der Waals surface area contributed by atoms with Crippen molar-refractivity contribution in [2.45, 2.75) is 18.3 Å². The molecular formula is C14H17NO2. The molecule has 17 heavy (non-hydrogen) atoms. The molecule has 1 amide bonds. The molecule has 90 valence electrons. The van der Waals surface area contributed by atoms with Gasteiger partial charge >= 0.3 is 0 Å². The van der Waals surface area contributed by atoms with Gasteiger partial charge in [0.1, 0.15) is 5.75 Å². The molecule has 1 aliphatic rings. The lowest BCUT2D eigenvalue weighted by molar-refractivity contribution is -0.123. The van der Waals surface area contributed by atoms with Gasteiger partial charge in [-0.3, -0.25) is 4.79 Å². The Labute approximate surface area is 101 Å². The fourth-order valence-corrected chi connectivity index (χ4v) is 2.43. The molecule has 0 bridgehead atoms. The lowest BCUT2D eigenvalue weighted by Gasteiger charge is -2.25. The van der Waals surface area contributed by atoms with Gasteiger partial charge in [0, 0.05) is 6.54 Å². The van der Waals surface area contributed by atoms with E-state index in [1.54, 1.807) is 7.11 Å². The number of carbonyl (C=O) groups is 1. The van der Waals surface area contributed by atoms with Crippen molar-refractivity contribution in [3.8, 4) is 5.75 Å². The van der Waals surface area contributed by atoms with Gasteiger partial charge < -0.3 is 10.1 Å². The Balaban J connectivity index is 2.45. The molecule has 1 aromatic rings. The molecule has 0 saturated carbocycles. The summed E-state index contributed by atoms with van der Waals surface area (Å²) in [5, 5.41) is 2.90. The van der Waals surface area contributed by atoms with E-state index in [-0.39, 0.29) is 5.91 Å². The fraction of sp³-hybridized carbons (Fsp3) is 0.357. The van der Waals surface area contributed by atoms with E-state index >= 15 is 0 Å². The first-order valence-corrected chi connectivity index (χ1v) is 5.77. The van der Waals surface area contributed by atoms with E-state index in [1.165, 1.54) is 0 Å². The van der Waals surface area contributed by atoms with E-state index in [2.05, 4.69) is 11.9 Å². The maximum absolute atomic E-state index is 12.1. The quantitative estimate of drug-likeness (QED) is 0.805. The van der Waals surface area contributed by atoms with E-state index in [0.29, 0.717) is 6.42 Å². The zero-order valence-electron chi connectivity index (χ0n) is 10.0. The third kappa shape index (κ3) is 1.93. The molecule has 0 aromatic heterocycles. The fourth-order valence-electron chi connectivity index (χ4n) is 2.43. The summed E-state index contributed by atoms with van der Waals surface area (Å²) in [7, 11) is 1.63. The number of methoxy groups -OCH3 is 1. The normalized spacial score (nSPS) is 23.2. The Bertz CT molecular complexity index is 442. The minimum atomic E-state index is -0.462. The molecule has 0 unspecified atom stereocenters. The first-order valence-electron chi connectivity index (χ1n) is 5.77. The van der Waals surface area contributed by atoms with Crippen LogP contribution in [0, 0.1) is 0 Å². The standard InChI is InChI=1S/C14H17NO2/c1-3-7-14(8-9-15-13(14)16)11-5-4-6-12(10-11)17-2/h3-6,10H,1,7-9H2,2H3,(H,15,16)/t14-/m0/s1. The van der Waals surface area contributed by atoms with Crippen LogP contribution < -0.4 is 10.1 Å². The number of hydrogen-bond acceptors (Lipinski definition) is 2. The Morgan fingerprint density at radius 3 is 3.00 bits per heavy atom. The van der Waals surface area contributed by atoms with Crippen molar-refractivity contribution in [2.24, 2.45) is 0 Å². The van der Waals surface area contributed by atoms with Crippen molar-refractivity contribution in [3.63, 3.8) is 0 Å². The summed E-state index contributed by atoms with van der Waals surface area (Å²) in [5.41, 5.74) is 0.544. The summed E-state index contributed by atoms with van der Waals surface area (Å²) in [6, 6.07) is 7.73. The summed E-state index contributed by atoms with van der Waals surface area (Å²) < 4.78 is 5.22. The van der Waals surface area contributed by atoms with Crippen LogP contribution >= 0.6 is 0 Å². The molecule has 2 rings (SSSR count). The van der Waals surface area contributed by atoms with Gasteiger partial charge in [0.2, 0.25) is 5.91 Å². The number of rotatable bonds is 4. The number of benzene rings is 1. The van der Waals surface area contributed by atoms with Crippen LogP contribution in [-0.4, -0.2) is 19.6 Å². The van der Waals surface area contributed by atoms with E-state index in [4.69, 9.17) is 4.74 Å². The van der Waals surface area contributed by atoms with Gasteiger partial charge in [-0.25, -0.2) is 0 Å². The molecule has 0 radical (unpaired) electrons. The first-order chi connectivity index (χ1) is 8.23. The second-order valence-electron chi connectivity index (χ2n) is 4.31. The molecule has 1 atom stereocenters. The number of allylic oxidation sites excluding steroid dienone is 1. The molecule has 0 spiro atoms. The SMILES string of the molecule is C=CC[C@@]1(c2cccc(OC)c2)CCNC1=O. The number of ether oxygens (including phenoxy) is 1. The summed E-state index contributed by atoms with van der Waals surface area (Å²) in [4.78, 5) is 12.1. The van der Waals surface area contributed by atoms with Crippen molar-refractivity contribution in [1.29, 1.82) is 0 Å². The highest BCUT2D eigenvalue weighted by Crippen LogP contribution is 2.36. The maximum Gasteiger partial charge on any atom is 0.231 e. The summed E-state index contributed by atoms with van der Waals surface area (Å²) >= 11 is 0. The van der Waals surface area contributed by atoms with Crippen molar-refractivity contribution in [1.82, 2.24) is 5.32 Å². The smallest absolute Gasteiger partial charge is 0.231 e. The zero-order chi connectivity index (χ0) is 12.3. The molecule has 1 fully saturated rings.